The van der Waals surface area contributed by atoms with Gasteiger partial charge in [-0.2, -0.15) is 5.26 Å². The summed E-state index contributed by atoms with van der Waals surface area (Å²) in [6.45, 7) is 0. The molecule has 1 heterocycles. The summed E-state index contributed by atoms with van der Waals surface area (Å²) < 4.78 is 25.0. The van der Waals surface area contributed by atoms with Gasteiger partial charge in [-0.3, -0.25) is 0 Å². The molecule has 13 heavy (non-hydrogen) atoms. The van der Waals surface area contributed by atoms with Gasteiger partial charge in [-0.1, -0.05) is 11.6 Å². The maximum Gasteiger partial charge on any atom is 0.281 e. The van der Waals surface area contributed by atoms with Crippen LogP contribution in [-0.2, 0) is 0 Å². The molecule has 2 nitrogen and oxygen atoms in total. The lowest BCUT2D eigenvalue weighted by atomic mass is 10.2. The van der Waals surface area contributed by atoms with E-state index >= 15 is 0 Å². The van der Waals surface area contributed by atoms with Crippen LogP contribution in [0.5, 0.6) is 0 Å². The van der Waals surface area contributed by atoms with Crippen LogP contribution in [0.15, 0.2) is 6.07 Å². The van der Waals surface area contributed by atoms with E-state index in [0.29, 0.717) is 3.57 Å². The zero-order valence-electron chi connectivity index (χ0n) is 6.06. The summed E-state index contributed by atoms with van der Waals surface area (Å²) in [6.07, 6.45) is -2.77. The fraction of sp³-hybridized carbons (Fsp3) is 0.143. The Bertz CT molecular complexity index is 375. The first-order valence-electron chi connectivity index (χ1n) is 3.10. The van der Waals surface area contributed by atoms with Crippen LogP contribution >= 0.6 is 34.2 Å². The van der Waals surface area contributed by atoms with Crippen molar-refractivity contribution in [2.24, 2.45) is 0 Å². The quantitative estimate of drug-likeness (QED) is 0.590. The number of halogens is 4. The Morgan fingerprint density at radius 3 is 2.69 bits per heavy atom. The monoisotopic (exact) mass is 314 g/mol. The van der Waals surface area contributed by atoms with Crippen molar-refractivity contribution < 1.29 is 8.78 Å². The van der Waals surface area contributed by atoms with Crippen molar-refractivity contribution in [1.82, 2.24) is 4.98 Å². The predicted molar refractivity (Wildman–Crippen MR) is 51.6 cm³/mol. The maximum absolute atomic E-state index is 12.3. The van der Waals surface area contributed by atoms with E-state index in [9.17, 15) is 8.78 Å². The maximum atomic E-state index is 12.3. The SMILES string of the molecule is N#Cc1cc(I)c(Cl)nc1C(F)F. The highest BCUT2D eigenvalue weighted by Gasteiger charge is 2.16. The summed E-state index contributed by atoms with van der Waals surface area (Å²) >= 11 is 7.35. The second-order valence-corrected chi connectivity index (χ2v) is 3.63. The van der Waals surface area contributed by atoms with Gasteiger partial charge in [0, 0.05) is 0 Å². The molecule has 0 fully saturated rings. The number of rotatable bonds is 1. The van der Waals surface area contributed by atoms with Crippen LogP contribution in [0, 0.1) is 14.9 Å². The standard InChI is InChI=1S/C7H2ClF2IN2/c8-6-4(11)1-3(2-12)5(13-6)7(9)10/h1,7H. The third-order valence-corrected chi connectivity index (χ3v) is 2.72. The molecule has 0 atom stereocenters. The third kappa shape index (κ3) is 2.25. The summed E-state index contributed by atoms with van der Waals surface area (Å²) in [7, 11) is 0. The van der Waals surface area contributed by atoms with Crippen molar-refractivity contribution in [1.29, 1.82) is 5.26 Å². The predicted octanol–water partition coefficient (Wildman–Crippen LogP) is 3.15. The molecule has 0 saturated heterocycles. The van der Waals surface area contributed by atoms with E-state index in [-0.39, 0.29) is 10.7 Å². The van der Waals surface area contributed by atoms with Crippen molar-refractivity contribution in [2.45, 2.75) is 6.43 Å². The van der Waals surface area contributed by atoms with Crippen LogP contribution in [0.4, 0.5) is 8.78 Å². The summed E-state index contributed by atoms with van der Waals surface area (Å²) in [4.78, 5) is 3.43. The molecule has 0 N–H and O–H groups in total. The van der Waals surface area contributed by atoms with Gasteiger partial charge in [-0.05, 0) is 28.7 Å². The first-order chi connectivity index (χ1) is 6.06. The van der Waals surface area contributed by atoms with E-state index in [2.05, 4.69) is 4.98 Å². The lowest BCUT2D eigenvalue weighted by Gasteiger charge is -2.03. The number of aromatic nitrogens is 1. The Morgan fingerprint density at radius 2 is 2.23 bits per heavy atom. The first kappa shape index (κ1) is 10.6. The molecule has 6 heteroatoms. The van der Waals surface area contributed by atoms with Crippen LogP contribution in [0.2, 0.25) is 5.15 Å². The minimum absolute atomic E-state index is 0.00472. The molecule has 0 saturated carbocycles. The van der Waals surface area contributed by atoms with Crippen molar-refractivity contribution in [3.8, 4) is 6.07 Å². The van der Waals surface area contributed by atoms with Gasteiger partial charge in [0.15, 0.2) is 0 Å². The molecule has 0 unspecified atom stereocenters. The molecule has 0 spiro atoms. The number of nitriles is 1. The van der Waals surface area contributed by atoms with Gasteiger partial charge in [0.2, 0.25) is 0 Å². The van der Waals surface area contributed by atoms with E-state index in [1.165, 1.54) is 6.07 Å². The van der Waals surface area contributed by atoms with Gasteiger partial charge in [0.25, 0.3) is 6.43 Å². The van der Waals surface area contributed by atoms with Gasteiger partial charge < -0.3 is 0 Å². The molecule has 0 aromatic carbocycles. The van der Waals surface area contributed by atoms with E-state index in [4.69, 9.17) is 16.9 Å². The lowest BCUT2D eigenvalue weighted by Crippen LogP contribution is -1.97. The fourth-order valence-electron chi connectivity index (χ4n) is 0.735. The normalized spacial score (nSPS) is 10.2. The number of hydrogen-bond donors (Lipinski definition) is 0. The lowest BCUT2D eigenvalue weighted by molar-refractivity contribution is 0.145. The smallest absolute Gasteiger partial charge is 0.233 e. The van der Waals surface area contributed by atoms with Crippen LogP contribution in [0.3, 0.4) is 0 Å². The molecule has 0 amide bonds. The Labute approximate surface area is 91.7 Å². The fourth-order valence-corrected chi connectivity index (χ4v) is 1.31. The Morgan fingerprint density at radius 1 is 1.62 bits per heavy atom. The third-order valence-electron chi connectivity index (χ3n) is 1.29. The summed E-state index contributed by atoms with van der Waals surface area (Å²) in [5.41, 5.74) is -0.697. The van der Waals surface area contributed by atoms with E-state index < -0.39 is 12.1 Å². The second kappa shape index (κ2) is 4.15. The average molecular weight is 314 g/mol. The number of nitrogens with zero attached hydrogens (tertiary/aromatic N) is 2. The minimum atomic E-state index is -2.77. The molecule has 0 radical (unpaired) electrons. The van der Waals surface area contributed by atoms with E-state index in [1.54, 1.807) is 6.07 Å². The molecule has 0 bridgehead atoms. The molecule has 1 aromatic heterocycles. The molecule has 0 aliphatic carbocycles. The average Bonchev–Trinajstić information content (AvgIpc) is 2.08. The minimum Gasteiger partial charge on any atom is -0.233 e. The van der Waals surface area contributed by atoms with Crippen molar-refractivity contribution in [3.63, 3.8) is 0 Å². The van der Waals surface area contributed by atoms with Gasteiger partial charge in [-0.15, -0.1) is 0 Å². The highest BCUT2D eigenvalue weighted by atomic mass is 127. The molecular formula is C7H2ClF2IN2. The molecule has 68 valence electrons. The number of hydrogen-bond acceptors (Lipinski definition) is 2. The molecular weight excluding hydrogens is 312 g/mol. The van der Waals surface area contributed by atoms with Gasteiger partial charge in [-0.25, -0.2) is 13.8 Å². The Balaban J connectivity index is 3.35. The summed E-state index contributed by atoms with van der Waals surface area (Å²) in [5.74, 6) is 0. The van der Waals surface area contributed by atoms with Gasteiger partial charge >= 0.3 is 0 Å². The van der Waals surface area contributed by atoms with Crippen LogP contribution in [0.25, 0.3) is 0 Å². The van der Waals surface area contributed by atoms with Crippen LogP contribution in [0.1, 0.15) is 17.7 Å². The number of alkyl halides is 2. The molecule has 0 aliphatic heterocycles. The second-order valence-electron chi connectivity index (χ2n) is 2.11. The zero-order valence-corrected chi connectivity index (χ0v) is 8.97. The zero-order chi connectivity index (χ0) is 10.0. The topological polar surface area (TPSA) is 36.7 Å². The van der Waals surface area contributed by atoms with Crippen LogP contribution < -0.4 is 0 Å². The first-order valence-corrected chi connectivity index (χ1v) is 4.56. The summed E-state index contributed by atoms with van der Waals surface area (Å²) in [6, 6.07) is 2.93. The van der Waals surface area contributed by atoms with Crippen molar-refractivity contribution in [3.05, 3.63) is 26.0 Å². The van der Waals surface area contributed by atoms with Crippen molar-refractivity contribution >= 4 is 34.2 Å². The van der Waals surface area contributed by atoms with Gasteiger partial charge in [0.05, 0.1) is 9.13 Å². The van der Waals surface area contributed by atoms with E-state index in [1.807, 2.05) is 22.6 Å². The highest BCUT2D eigenvalue weighted by molar-refractivity contribution is 14.1. The van der Waals surface area contributed by atoms with Crippen molar-refractivity contribution in [2.75, 3.05) is 0 Å². The van der Waals surface area contributed by atoms with E-state index in [0.717, 1.165) is 0 Å². The van der Waals surface area contributed by atoms with Gasteiger partial charge in [0.1, 0.15) is 16.9 Å². The Kier molecular flexibility index (Phi) is 3.39. The molecule has 0 aliphatic rings. The number of pyridine rings is 1. The largest absolute Gasteiger partial charge is 0.281 e. The molecule has 1 rings (SSSR count). The molecule has 1 aromatic rings. The summed E-state index contributed by atoms with van der Waals surface area (Å²) in [5, 5.41) is 8.51. The Hall–Kier alpha value is -0.480. The highest BCUT2D eigenvalue weighted by Crippen LogP contribution is 2.25. The van der Waals surface area contributed by atoms with Crippen LogP contribution in [-0.4, -0.2) is 4.98 Å².